The number of halogens is 3. The van der Waals surface area contributed by atoms with Crippen molar-refractivity contribution in [3.8, 4) is 5.75 Å². The minimum Gasteiger partial charge on any atom is -0.434 e. The van der Waals surface area contributed by atoms with Crippen molar-refractivity contribution in [2.75, 3.05) is 0 Å². The molecule has 0 saturated carbocycles. The van der Waals surface area contributed by atoms with Crippen LogP contribution in [0.3, 0.4) is 0 Å². The molecule has 1 aromatic carbocycles. The van der Waals surface area contributed by atoms with E-state index >= 15 is 0 Å². The van der Waals surface area contributed by atoms with Crippen LogP contribution in [-0.4, -0.2) is 27.4 Å². The molecule has 0 amide bonds. The Morgan fingerprint density at radius 1 is 1.42 bits per heavy atom. The van der Waals surface area contributed by atoms with E-state index in [1.165, 1.54) is 29.9 Å². The van der Waals surface area contributed by atoms with E-state index in [1.54, 1.807) is 6.07 Å². The largest absolute Gasteiger partial charge is 0.434 e. The molecule has 0 bridgehead atoms. The number of aromatic nitrogens is 3. The second-order valence-electron chi connectivity index (χ2n) is 3.56. The first kappa shape index (κ1) is 13.6. The van der Waals surface area contributed by atoms with E-state index in [9.17, 15) is 13.6 Å². The number of hydrogen-bond acceptors (Lipinski definition) is 4. The molecule has 0 saturated heterocycles. The minimum atomic E-state index is -3.00. The molecule has 2 rings (SSSR count). The van der Waals surface area contributed by atoms with E-state index < -0.39 is 12.4 Å². The van der Waals surface area contributed by atoms with Gasteiger partial charge >= 0.3 is 6.61 Å². The molecule has 1 aromatic heterocycles. The van der Waals surface area contributed by atoms with E-state index in [0.29, 0.717) is 0 Å². The van der Waals surface area contributed by atoms with Crippen LogP contribution in [0.1, 0.15) is 16.1 Å². The Hall–Kier alpha value is -1.83. The Balaban J connectivity index is 2.45. The third-order valence-electron chi connectivity index (χ3n) is 2.35. The third kappa shape index (κ3) is 2.78. The normalized spacial score (nSPS) is 10.8. The van der Waals surface area contributed by atoms with Crippen LogP contribution in [0.4, 0.5) is 8.78 Å². The summed E-state index contributed by atoms with van der Waals surface area (Å²) in [6, 6.07) is 5.77. The van der Waals surface area contributed by atoms with E-state index in [2.05, 4.69) is 31.0 Å². The summed E-state index contributed by atoms with van der Waals surface area (Å²) >= 11 is 3.09. The summed E-state index contributed by atoms with van der Waals surface area (Å²) in [6.45, 7) is -3.00. The van der Waals surface area contributed by atoms with Gasteiger partial charge in [-0.1, -0.05) is 17.3 Å². The summed E-state index contributed by atoms with van der Waals surface area (Å²) in [6.07, 6.45) is 0. The lowest BCUT2D eigenvalue weighted by Crippen LogP contribution is -2.12. The first-order valence-corrected chi connectivity index (χ1v) is 5.93. The summed E-state index contributed by atoms with van der Waals surface area (Å²) < 4.78 is 30.4. The molecule has 0 unspecified atom stereocenters. The highest BCUT2D eigenvalue weighted by Gasteiger charge is 2.22. The Bertz CT molecular complexity index is 596. The molecule has 0 spiro atoms. The van der Waals surface area contributed by atoms with Gasteiger partial charge in [0.25, 0.3) is 0 Å². The number of ketones is 1. The number of benzene rings is 1. The van der Waals surface area contributed by atoms with Crippen LogP contribution < -0.4 is 4.74 Å². The van der Waals surface area contributed by atoms with Crippen molar-refractivity contribution < 1.29 is 18.3 Å². The van der Waals surface area contributed by atoms with Gasteiger partial charge in [-0.15, -0.1) is 5.10 Å². The zero-order valence-corrected chi connectivity index (χ0v) is 11.3. The van der Waals surface area contributed by atoms with Crippen molar-refractivity contribution in [2.24, 2.45) is 7.05 Å². The van der Waals surface area contributed by atoms with Crippen LogP contribution in [0.15, 0.2) is 28.9 Å². The van der Waals surface area contributed by atoms with Gasteiger partial charge in [-0.2, -0.15) is 8.78 Å². The molecule has 0 N–H and O–H groups in total. The highest BCUT2D eigenvalue weighted by atomic mass is 79.9. The first-order chi connectivity index (χ1) is 9.00. The minimum absolute atomic E-state index is 0.0221. The number of nitrogens with zero attached hydrogens (tertiary/aromatic N) is 3. The van der Waals surface area contributed by atoms with Gasteiger partial charge in [0.1, 0.15) is 11.4 Å². The third-order valence-corrected chi connectivity index (χ3v) is 2.88. The Kier molecular flexibility index (Phi) is 3.89. The molecule has 0 fully saturated rings. The second-order valence-corrected chi connectivity index (χ2v) is 4.31. The van der Waals surface area contributed by atoms with Crippen molar-refractivity contribution >= 4 is 21.7 Å². The SMILES string of the molecule is Cn1nnc(Br)c1C(=O)c1ccccc1OC(F)F. The van der Waals surface area contributed by atoms with Gasteiger partial charge < -0.3 is 4.74 Å². The van der Waals surface area contributed by atoms with Crippen molar-refractivity contribution in [3.05, 3.63) is 40.1 Å². The molecule has 0 radical (unpaired) electrons. The molecule has 8 heteroatoms. The number of hydrogen-bond donors (Lipinski definition) is 0. The van der Waals surface area contributed by atoms with Gasteiger partial charge in [-0.3, -0.25) is 4.79 Å². The van der Waals surface area contributed by atoms with E-state index in [-0.39, 0.29) is 21.6 Å². The number of para-hydroxylation sites is 1. The number of ether oxygens (including phenoxy) is 1. The predicted octanol–water partition coefficient (Wildman–Crippen LogP) is 2.41. The number of alkyl halides is 2. The van der Waals surface area contributed by atoms with Crippen LogP contribution in [0.2, 0.25) is 0 Å². The lowest BCUT2D eigenvalue weighted by molar-refractivity contribution is -0.0501. The van der Waals surface area contributed by atoms with Gasteiger partial charge in [0.2, 0.25) is 5.78 Å². The number of carbonyl (C=O) groups is 1. The first-order valence-electron chi connectivity index (χ1n) is 5.14. The predicted molar refractivity (Wildman–Crippen MR) is 65.2 cm³/mol. The molecule has 100 valence electrons. The highest BCUT2D eigenvalue weighted by Crippen LogP contribution is 2.25. The quantitative estimate of drug-likeness (QED) is 0.807. The van der Waals surface area contributed by atoms with Crippen LogP contribution in [0, 0.1) is 0 Å². The smallest absolute Gasteiger partial charge is 0.387 e. The average Bonchev–Trinajstić information content (AvgIpc) is 2.68. The zero-order chi connectivity index (χ0) is 14.0. The van der Waals surface area contributed by atoms with Crippen molar-refractivity contribution in [2.45, 2.75) is 6.61 Å². The molecule has 0 atom stereocenters. The van der Waals surface area contributed by atoms with Gasteiger partial charge in [0.05, 0.1) is 5.56 Å². The molecule has 2 aromatic rings. The van der Waals surface area contributed by atoms with Crippen LogP contribution in [-0.2, 0) is 7.05 Å². The molecule has 19 heavy (non-hydrogen) atoms. The van der Waals surface area contributed by atoms with E-state index in [0.717, 1.165) is 0 Å². The second kappa shape index (κ2) is 5.43. The number of rotatable bonds is 4. The Labute approximate surface area is 115 Å². The lowest BCUT2D eigenvalue weighted by Gasteiger charge is -2.09. The van der Waals surface area contributed by atoms with Gasteiger partial charge in [0, 0.05) is 7.05 Å². The molecular formula is C11H8BrF2N3O2. The molecule has 0 aliphatic rings. The van der Waals surface area contributed by atoms with Crippen LogP contribution in [0.5, 0.6) is 5.75 Å². The standard InChI is InChI=1S/C11H8BrF2N3O2/c1-17-8(10(12)15-16-17)9(18)6-4-2-3-5-7(6)19-11(13)14/h2-5,11H,1H3. The van der Waals surface area contributed by atoms with E-state index in [1.807, 2.05) is 0 Å². The van der Waals surface area contributed by atoms with Crippen LogP contribution >= 0.6 is 15.9 Å². The maximum Gasteiger partial charge on any atom is 0.387 e. The van der Waals surface area contributed by atoms with Crippen molar-refractivity contribution in [1.29, 1.82) is 0 Å². The fourth-order valence-corrected chi connectivity index (χ4v) is 2.06. The number of carbonyl (C=O) groups excluding carboxylic acids is 1. The summed E-state index contributed by atoms with van der Waals surface area (Å²) in [5, 5.41) is 7.34. The highest BCUT2D eigenvalue weighted by molar-refractivity contribution is 9.10. The maximum absolute atomic E-state index is 12.3. The molecule has 0 aliphatic carbocycles. The Morgan fingerprint density at radius 2 is 2.11 bits per heavy atom. The molecule has 0 aliphatic heterocycles. The summed E-state index contributed by atoms with van der Waals surface area (Å²) in [4.78, 5) is 12.3. The fraction of sp³-hybridized carbons (Fsp3) is 0.182. The molecule has 5 nitrogen and oxygen atoms in total. The monoisotopic (exact) mass is 331 g/mol. The van der Waals surface area contributed by atoms with Gasteiger partial charge in [-0.05, 0) is 28.1 Å². The number of aryl methyl sites for hydroxylation is 1. The lowest BCUT2D eigenvalue weighted by atomic mass is 10.1. The summed E-state index contributed by atoms with van der Waals surface area (Å²) in [7, 11) is 1.53. The van der Waals surface area contributed by atoms with Gasteiger partial charge in [-0.25, -0.2) is 4.68 Å². The van der Waals surface area contributed by atoms with Crippen molar-refractivity contribution in [3.63, 3.8) is 0 Å². The Morgan fingerprint density at radius 3 is 2.68 bits per heavy atom. The maximum atomic E-state index is 12.3. The molecular weight excluding hydrogens is 324 g/mol. The van der Waals surface area contributed by atoms with Gasteiger partial charge in [0.15, 0.2) is 4.60 Å². The zero-order valence-electron chi connectivity index (χ0n) is 9.68. The van der Waals surface area contributed by atoms with Crippen molar-refractivity contribution in [1.82, 2.24) is 15.0 Å². The summed E-state index contributed by atoms with van der Waals surface area (Å²) in [5.41, 5.74) is 0.180. The fourth-order valence-electron chi connectivity index (χ4n) is 1.55. The average molecular weight is 332 g/mol. The molecule has 1 heterocycles. The van der Waals surface area contributed by atoms with E-state index in [4.69, 9.17) is 0 Å². The topological polar surface area (TPSA) is 57.0 Å². The summed E-state index contributed by atoms with van der Waals surface area (Å²) in [5.74, 6) is -0.689. The van der Waals surface area contributed by atoms with Crippen LogP contribution in [0.25, 0.3) is 0 Å².